The van der Waals surface area contributed by atoms with Crippen LogP contribution in [0.1, 0.15) is 5.56 Å². The Labute approximate surface area is 91.9 Å². The monoisotopic (exact) mass is 218 g/mol. The Balaban J connectivity index is 2.29. The van der Waals surface area contributed by atoms with Crippen molar-refractivity contribution in [2.75, 3.05) is 0 Å². The maximum atomic E-state index is 12.5. The van der Waals surface area contributed by atoms with Crippen LogP contribution in [-0.4, -0.2) is 4.98 Å². The van der Waals surface area contributed by atoms with E-state index < -0.39 is 5.83 Å². The summed E-state index contributed by atoms with van der Waals surface area (Å²) in [6.45, 7) is 3.19. The highest BCUT2D eigenvalue weighted by molar-refractivity contribution is 7.13. The van der Waals surface area contributed by atoms with Gasteiger partial charge in [0.15, 0.2) is 0 Å². The van der Waals surface area contributed by atoms with E-state index in [-0.39, 0.29) is 0 Å². The summed E-state index contributed by atoms with van der Waals surface area (Å²) >= 11 is 1.58. The molecule has 0 aliphatic carbocycles. The van der Waals surface area contributed by atoms with Crippen molar-refractivity contribution in [3.63, 3.8) is 0 Å². The molecule has 1 nitrogen and oxygen atoms in total. The fourth-order valence-corrected chi connectivity index (χ4v) is 1.91. The Bertz CT molecular complexity index is 453. The standard InChI is InChI=1S/C12H9FNS/c1-9(13)8-10-2-4-11(5-3-10)12-14-6-7-15-12/h2-8H,1H2/b9-8-. The Morgan fingerprint density at radius 2 is 2.07 bits per heavy atom. The highest BCUT2D eigenvalue weighted by atomic mass is 32.1. The molecule has 0 atom stereocenters. The van der Waals surface area contributed by atoms with Crippen LogP contribution >= 0.6 is 11.3 Å². The van der Waals surface area contributed by atoms with Crippen molar-refractivity contribution in [3.8, 4) is 10.6 Å². The summed E-state index contributed by atoms with van der Waals surface area (Å²) in [5.74, 6) is -0.433. The number of thiazole rings is 1. The fourth-order valence-electron chi connectivity index (χ4n) is 1.27. The van der Waals surface area contributed by atoms with Crippen LogP contribution in [0.3, 0.4) is 0 Å². The molecule has 0 bridgehead atoms. The normalized spacial score (nSPS) is 11.7. The molecule has 1 aromatic carbocycles. The Morgan fingerprint density at radius 1 is 1.33 bits per heavy atom. The summed E-state index contributed by atoms with van der Waals surface area (Å²) < 4.78 is 12.5. The van der Waals surface area contributed by atoms with E-state index in [9.17, 15) is 4.39 Å². The lowest BCUT2D eigenvalue weighted by atomic mass is 10.1. The number of nitrogens with zero attached hydrogens (tertiary/aromatic N) is 1. The van der Waals surface area contributed by atoms with Gasteiger partial charge in [0.1, 0.15) is 10.8 Å². The maximum Gasteiger partial charge on any atom is 0.123 e. The minimum absolute atomic E-state index is 0.433. The van der Waals surface area contributed by atoms with Crippen molar-refractivity contribution in [1.82, 2.24) is 4.98 Å². The molecule has 0 aliphatic heterocycles. The first-order valence-corrected chi connectivity index (χ1v) is 5.33. The highest BCUT2D eigenvalue weighted by Gasteiger charge is 1.99. The molecule has 15 heavy (non-hydrogen) atoms. The average Bonchev–Trinajstić information content (AvgIpc) is 2.71. The van der Waals surface area contributed by atoms with Crippen LogP contribution in [0.25, 0.3) is 16.6 Å². The largest absolute Gasteiger partial charge is 0.245 e. The van der Waals surface area contributed by atoms with E-state index in [4.69, 9.17) is 0 Å². The summed E-state index contributed by atoms with van der Waals surface area (Å²) in [5.41, 5.74) is 1.86. The van der Waals surface area contributed by atoms with Crippen LogP contribution in [-0.2, 0) is 0 Å². The van der Waals surface area contributed by atoms with Crippen LogP contribution in [0.4, 0.5) is 4.39 Å². The third-order valence-electron chi connectivity index (χ3n) is 1.91. The number of rotatable bonds is 2. The third-order valence-corrected chi connectivity index (χ3v) is 2.74. The van der Waals surface area contributed by atoms with Gasteiger partial charge in [0.05, 0.1) is 0 Å². The smallest absolute Gasteiger partial charge is 0.123 e. The van der Waals surface area contributed by atoms with Crippen LogP contribution in [0.5, 0.6) is 0 Å². The van der Waals surface area contributed by atoms with Crippen molar-refractivity contribution in [2.45, 2.75) is 0 Å². The SMILES string of the molecule is [CH2]/C(F)=C/c1ccc(-c2nccs2)cc1. The Morgan fingerprint density at radius 3 is 2.60 bits per heavy atom. The van der Waals surface area contributed by atoms with E-state index in [1.165, 1.54) is 6.08 Å². The number of benzene rings is 1. The van der Waals surface area contributed by atoms with Crippen molar-refractivity contribution in [2.24, 2.45) is 0 Å². The van der Waals surface area contributed by atoms with Gasteiger partial charge in [-0.3, -0.25) is 0 Å². The molecule has 0 aliphatic rings. The second-order valence-corrected chi connectivity index (χ2v) is 3.95. The van der Waals surface area contributed by atoms with E-state index >= 15 is 0 Å². The molecular weight excluding hydrogens is 209 g/mol. The summed E-state index contributed by atoms with van der Waals surface area (Å²) in [7, 11) is 0. The summed E-state index contributed by atoms with van der Waals surface area (Å²) in [6.07, 6.45) is 3.16. The number of hydrogen-bond donors (Lipinski definition) is 0. The van der Waals surface area contributed by atoms with Gasteiger partial charge < -0.3 is 0 Å². The zero-order chi connectivity index (χ0) is 10.7. The third kappa shape index (κ3) is 2.50. The number of halogens is 1. The van der Waals surface area contributed by atoms with E-state index in [0.29, 0.717) is 0 Å². The first-order chi connectivity index (χ1) is 7.25. The lowest BCUT2D eigenvalue weighted by Gasteiger charge is -1.97. The maximum absolute atomic E-state index is 12.5. The van der Waals surface area contributed by atoms with Crippen LogP contribution in [0.15, 0.2) is 41.7 Å². The van der Waals surface area contributed by atoms with Crippen molar-refractivity contribution in [1.29, 1.82) is 0 Å². The van der Waals surface area contributed by atoms with Crippen molar-refractivity contribution >= 4 is 17.4 Å². The molecule has 2 rings (SSSR count). The van der Waals surface area contributed by atoms with Crippen LogP contribution in [0.2, 0.25) is 0 Å². The Hall–Kier alpha value is -1.48. The van der Waals surface area contributed by atoms with E-state index in [1.54, 1.807) is 17.5 Å². The van der Waals surface area contributed by atoms with Gasteiger partial charge >= 0.3 is 0 Å². The molecule has 2 aromatic rings. The average molecular weight is 218 g/mol. The quantitative estimate of drug-likeness (QED) is 0.743. The zero-order valence-corrected chi connectivity index (χ0v) is 8.80. The zero-order valence-electron chi connectivity index (χ0n) is 7.98. The van der Waals surface area contributed by atoms with E-state index in [1.807, 2.05) is 29.6 Å². The lowest BCUT2D eigenvalue weighted by molar-refractivity contribution is 0.673. The van der Waals surface area contributed by atoms with Gasteiger partial charge in [-0.05, 0) is 11.6 Å². The van der Waals surface area contributed by atoms with Crippen molar-refractivity contribution < 1.29 is 4.39 Å². The summed E-state index contributed by atoms with van der Waals surface area (Å²) in [6, 6.07) is 7.55. The molecule has 0 saturated carbocycles. The predicted molar refractivity (Wildman–Crippen MR) is 62.0 cm³/mol. The summed E-state index contributed by atoms with van der Waals surface area (Å²) in [4.78, 5) is 4.19. The molecule has 0 amide bonds. The molecule has 3 heteroatoms. The topological polar surface area (TPSA) is 12.9 Å². The molecule has 75 valence electrons. The number of allylic oxidation sites excluding steroid dienone is 1. The predicted octanol–water partition coefficient (Wildman–Crippen LogP) is 3.95. The Kier molecular flexibility index (Phi) is 2.92. The molecule has 1 heterocycles. The van der Waals surface area contributed by atoms with Gasteiger partial charge in [0.25, 0.3) is 0 Å². The molecule has 0 fully saturated rings. The molecule has 0 N–H and O–H groups in total. The minimum Gasteiger partial charge on any atom is -0.245 e. The second kappa shape index (κ2) is 4.36. The van der Waals surface area contributed by atoms with Gasteiger partial charge in [-0.25, -0.2) is 9.37 Å². The van der Waals surface area contributed by atoms with Gasteiger partial charge in [-0.1, -0.05) is 24.3 Å². The molecule has 1 aromatic heterocycles. The summed E-state index contributed by atoms with van der Waals surface area (Å²) in [5, 5.41) is 2.90. The number of hydrogen-bond acceptors (Lipinski definition) is 2. The van der Waals surface area contributed by atoms with E-state index in [2.05, 4.69) is 11.9 Å². The molecule has 0 spiro atoms. The second-order valence-electron chi connectivity index (χ2n) is 3.05. The van der Waals surface area contributed by atoms with E-state index in [0.717, 1.165) is 16.1 Å². The van der Waals surface area contributed by atoms with Gasteiger partial charge in [0.2, 0.25) is 0 Å². The first kappa shape index (κ1) is 10.1. The van der Waals surface area contributed by atoms with Crippen molar-refractivity contribution in [3.05, 3.63) is 54.2 Å². The van der Waals surface area contributed by atoms with Crippen LogP contribution in [0, 0.1) is 6.92 Å². The minimum atomic E-state index is -0.433. The first-order valence-electron chi connectivity index (χ1n) is 4.45. The van der Waals surface area contributed by atoms with Gasteiger partial charge in [-0.2, -0.15) is 0 Å². The highest BCUT2D eigenvalue weighted by Crippen LogP contribution is 2.22. The molecule has 0 unspecified atom stereocenters. The lowest BCUT2D eigenvalue weighted by Crippen LogP contribution is -1.77. The molecule has 0 saturated heterocycles. The fraction of sp³-hybridized carbons (Fsp3) is 0. The number of aromatic nitrogens is 1. The van der Waals surface area contributed by atoms with Gasteiger partial charge in [0, 0.05) is 24.1 Å². The van der Waals surface area contributed by atoms with Gasteiger partial charge in [-0.15, -0.1) is 11.3 Å². The molecular formula is C12H9FNS. The van der Waals surface area contributed by atoms with Crippen LogP contribution < -0.4 is 0 Å². The molecule has 1 radical (unpaired) electrons.